The molecule has 5 nitrogen and oxygen atoms in total. The normalized spacial score (nSPS) is 17.3. The van der Waals surface area contributed by atoms with E-state index in [9.17, 15) is 9.18 Å². The smallest absolute Gasteiger partial charge is 0.257 e. The van der Waals surface area contributed by atoms with Gasteiger partial charge in [-0.15, -0.1) is 0 Å². The van der Waals surface area contributed by atoms with Crippen LogP contribution in [0.4, 0.5) is 10.1 Å². The maximum absolute atomic E-state index is 14.7. The van der Waals surface area contributed by atoms with E-state index in [-0.39, 0.29) is 23.3 Å². The van der Waals surface area contributed by atoms with E-state index in [2.05, 4.69) is 41.5 Å². The molecule has 2 aliphatic heterocycles. The largest absolute Gasteiger partial charge is 0.388 e. The minimum atomic E-state index is -0.0603. The van der Waals surface area contributed by atoms with Gasteiger partial charge in [-0.3, -0.25) is 14.3 Å². The number of hydrogen-bond acceptors (Lipinski definition) is 4. The second-order valence-electron chi connectivity index (χ2n) is 9.95. The van der Waals surface area contributed by atoms with Gasteiger partial charge in [0.25, 0.3) is 5.56 Å². The van der Waals surface area contributed by atoms with Crippen molar-refractivity contribution in [3.63, 3.8) is 0 Å². The first kappa shape index (κ1) is 35.9. The molecule has 0 spiro atoms. The predicted octanol–water partition coefficient (Wildman–Crippen LogP) is 8.27. The van der Waals surface area contributed by atoms with Crippen LogP contribution in [0, 0.1) is 19.7 Å². The zero-order chi connectivity index (χ0) is 31.1. The quantitative estimate of drug-likeness (QED) is 0.369. The van der Waals surface area contributed by atoms with Gasteiger partial charge in [0.15, 0.2) is 0 Å². The zero-order valence-corrected chi connectivity index (χ0v) is 27.5. The Morgan fingerprint density at radius 2 is 1.71 bits per heavy atom. The predicted molar refractivity (Wildman–Crippen MR) is 177 cm³/mol. The number of anilines is 1. The molecule has 1 saturated heterocycles. The molecular weight excluding hydrogens is 511 g/mol. The zero-order valence-electron chi connectivity index (χ0n) is 27.5. The molecule has 0 saturated carbocycles. The van der Waals surface area contributed by atoms with Crippen molar-refractivity contribution in [3.05, 3.63) is 92.8 Å². The Morgan fingerprint density at radius 3 is 2.27 bits per heavy atom. The van der Waals surface area contributed by atoms with E-state index in [1.807, 2.05) is 87.0 Å². The van der Waals surface area contributed by atoms with Gasteiger partial charge in [0.1, 0.15) is 5.82 Å². The number of benzene rings is 1. The summed E-state index contributed by atoms with van der Waals surface area (Å²) in [4.78, 5) is 15.2. The molecule has 1 fully saturated rings. The van der Waals surface area contributed by atoms with E-state index in [0.29, 0.717) is 0 Å². The maximum Gasteiger partial charge on any atom is 0.257 e. The molecule has 4 rings (SSSR count). The average Bonchev–Trinajstić information content (AvgIpc) is 2.98. The molecule has 6 heteroatoms. The lowest BCUT2D eigenvalue weighted by molar-refractivity contribution is 0.226. The highest BCUT2D eigenvalue weighted by Crippen LogP contribution is 2.33. The highest BCUT2D eigenvalue weighted by molar-refractivity contribution is 5.67. The molecule has 3 heterocycles. The van der Waals surface area contributed by atoms with Gasteiger partial charge in [-0.25, -0.2) is 4.39 Å². The molecule has 2 aliphatic rings. The van der Waals surface area contributed by atoms with E-state index in [1.54, 1.807) is 16.7 Å². The Balaban J connectivity index is 0.00000131. The standard InChI is InChI=1S/C29H37FN4O.3C2H6/c1-19-14-21(3)29(26(30)16-19)23-7-11-33(12-8-23)18-20(2)15-25-22(4)32-10-6-27(25)34-13-9-24(31-5)17-28(34)35;3*1-2/h6,9-10,13-17,22-23,31-32H,7-8,11-12,18H2,1-5H3;3*1-2H3/b20-15+;;;. The molecule has 0 amide bonds. The molecule has 2 aromatic rings. The van der Waals surface area contributed by atoms with E-state index in [0.717, 1.165) is 66.1 Å². The van der Waals surface area contributed by atoms with Crippen LogP contribution in [0.5, 0.6) is 0 Å². The average molecular weight is 567 g/mol. The van der Waals surface area contributed by atoms with Gasteiger partial charge >= 0.3 is 0 Å². The van der Waals surface area contributed by atoms with Crippen molar-refractivity contribution in [2.75, 3.05) is 32.0 Å². The first-order valence-corrected chi connectivity index (χ1v) is 15.5. The Morgan fingerprint density at radius 1 is 1.07 bits per heavy atom. The van der Waals surface area contributed by atoms with Crippen molar-refractivity contribution in [1.29, 1.82) is 0 Å². The lowest BCUT2D eigenvalue weighted by atomic mass is 9.85. The molecule has 228 valence electrons. The highest BCUT2D eigenvalue weighted by Gasteiger charge is 2.25. The molecule has 1 unspecified atom stereocenters. The van der Waals surface area contributed by atoms with Crippen molar-refractivity contribution >= 4 is 11.4 Å². The maximum atomic E-state index is 14.7. The van der Waals surface area contributed by atoms with Crippen LogP contribution in [-0.2, 0) is 0 Å². The lowest BCUT2D eigenvalue weighted by Gasteiger charge is -2.33. The summed E-state index contributed by atoms with van der Waals surface area (Å²) < 4.78 is 16.4. The summed E-state index contributed by atoms with van der Waals surface area (Å²) in [6.07, 6.45) is 9.84. The number of nitrogens with zero attached hydrogens (tertiary/aromatic N) is 2. The second-order valence-corrected chi connectivity index (χ2v) is 9.95. The molecule has 0 bridgehead atoms. The van der Waals surface area contributed by atoms with Gasteiger partial charge in [-0.05, 0) is 106 Å². The van der Waals surface area contributed by atoms with Crippen LogP contribution in [0.2, 0.25) is 0 Å². The summed E-state index contributed by atoms with van der Waals surface area (Å²) in [5.74, 6) is 0.229. The number of pyridine rings is 1. The van der Waals surface area contributed by atoms with Crippen molar-refractivity contribution < 1.29 is 4.39 Å². The van der Waals surface area contributed by atoms with Gasteiger partial charge in [0.05, 0.1) is 11.7 Å². The number of dihydropyridines is 1. The first-order chi connectivity index (χ1) is 19.8. The Labute approximate surface area is 249 Å². The van der Waals surface area contributed by atoms with Crippen molar-refractivity contribution in [3.8, 4) is 0 Å². The fourth-order valence-electron chi connectivity index (χ4n) is 5.42. The Kier molecular flexibility index (Phi) is 16.1. The van der Waals surface area contributed by atoms with Crippen LogP contribution in [0.15, 0.2) is 64.8 Å². The molecular formula is C35H55FN4O. The van der Waals surface area contributed by atoms with E-state index < -0.39 is 0 Å². The van der Waals surface area contributed by atoms with E-state index in [1.165, 1.54) is 5.57 Å². The fourth-order valence-corrected chi connectivity index (χ4v) is 5.42. The summed E-state index contributed by atoms with van der Waals surface area (Å²) in [6, 6.07) is 7.38. The van der Waals surface area contributed by atoms with Crippen LogP contribution in [0.1, 0.15) is 90.8 Å². The molecule has 1 atom stereocenters. The van der Waals surface area contributed by atoms with Crippen LogP contribution < -0.4 is 16.2 Å². The Bertz CT molecular complexity index is 1210. The number of aromatic nitrogens is 1. The van der Waals surface area contributed by atoms with Crippen molar-refractivity contribution in [1.82, 2.24) is 14.8 Å². The third-order valence-corrected chi connectivity index (χ3v) is 7.17. The number of rotatable bonds is 6. The van der Waals surface area contributed by atoms with Gasteiger partial charge in [0, 0.05) is 31.5 Å². The van der Waals surface area contributed by atoms with Crippen LogP contribution in [0.25, 0.3) is 5.70 Å². The molecule has 0 aliphatic carbocycles. The SMILES string of the molecule is CC.CC.CC.CNc1ccn(C2=C(/C=C(\C)CN3CCC(c4c(C)cc(C)cc4F)CC3)C(C)NC=C2)c(=O)c1. The molecule has 0 radical (unpaired) electrons. The third kappa shape index (κ3) is 9.74. The van der Waals surface area contributed by atoms with E-state index in [4.69, 9.17) is 0 Å². The number of aryl methyl sites for hydroxylation is 2. The van der Waals surface area contributed by atoms with E-state index >= 15 is 0 Å². The second kappa shape index (κ2) is 18.3. The number of hydrogen-bond donors (Lipinski definition) is 2. The number of nitrogens with one attached hydrogen (secondary N) is 2. The van der Waals surface area contributed by atoms with Gasteiger partial charge in [0.2, 0.25) is 0 Å². The first-order valence-electron chi connectivity index (χ1n) is 15.5. The van der Waals surface area contributed by atoms with Crippen molar-refractivity contribution in [2.24, 2.45) is 0 Å². The number of halogens is 1. The number of piperidine rings is 1. The van der Waals surface area contributed by atoms with Gasteiger partial charge in [-0.1, -0.05) is 59.3 Å². The topological polar surface area (TPSA) is 49.3 Å². The van der Waals surface area contributed by atoms with Gasteiger partial charge in [-0.2, -0.15) is 0 Å². The highest BCUT2D eigenvalue weighted by atomic mass is 19.1. The number of allylic oxidation sites excluding steroid dienone is 2. The van der Waals surface area contributed by atoms with Crippen LogP contribution >= 0.6 is 0 Å². The van der Waals surface area contributed by atoms with Crippen LogP contribution in [0.3, 0.4) is 0 Å². The molecule has 1 aromatic carbocycles. The van der Waals surface area contributed by atoms with Crippen molar-refractivity contribution in [2.45, 2.75) is 94.0 Å². The monoisotopic (exact) mass is 566 g/mol. The minimum Gasteiger partial charge on any atom is -0.388 e. The fraction of sp³-hybridized carbons (Fsp3) is 0.514. The third-order valence-electron chi connectivity index (χ3n) is 7.17. The van der Waals surface area contributed by atoms with Crippen LogP contribution in [-0.4, -0.2) is 42.2 Å². The summed E-state index contributed by atoms with van der Waals surface area (Å²) in [7, 11) is 1.81. The van der Waals surface area contributed by atoms with Gasteiger partial charge < -0.3 is 10.6 Å². The Hall–Kier alpha value is -3.12. The minimum absolute atomic E-state index is 0.0543. The molecule has 41 heavy (non-hydrogen) atoms. The summed E-state index contributed by atoms with van der Waals surface area (Å²) in [5, 5.41) is 6.38. The molecule has 2 N–H and O–H groups in total. The summed E-state index contributed by atoms with van der Waals surface area (Å²) >= 11 is 0. The lowest BCUT2D eigenvalue weighted by Crippen LogP contribution is -2.35. The summed E-state index contributed by atoms with van der Waals surface area (Å²) in [6.45, 7) is 23.0. The number of likely N-dealkylation sites (tertiary alicyclic amines) is 1. The summed E-state index contributed by atoms with van der Waals surface area (Å²) in [5.41, 5.74) is 6.94. The molecule has 1 aromatic heterocycles.